The number of aromatic amines is 1. The van der Waals surface area contributed by atoms with E-state index in [4.69, 9.17) is 4.74 Å². The number of carbonyl (C=O) groups excluding carboxylic acids is 1. The van der Waals surface area contributed by atoms with Gasteiger partial charge in [0.2, 0.25) is 0 Å². The summed E-state index contributed by atoms with van der Waals surface area (Å²) in [5.74, 6) is 0.637. The molecule has 0 aliphatic rings. The molecule has 0 bridgehead atoms. The Morgan fingerprint density at radius 1 is 1.19 bits per heavy atom. The number of fused-ring (bicyclic) bond motifs is 1. The number of nitrogens with one attached hydrogen (secondary N) is 1. The molecule has 1 N–H and O–H groups in total. The van der Waals surface area contributed by atoms with Gasteiger partial charge in [0.25, 0.3) is 6.47 Å². The highest BCUT2D eigenvalue weighted by molar-refractivity contribution is 5.93. The van der Waals surface area contributed by atoms with Crippen LogP contribution in [0.4, 0.5) is 0 Å². The van der Waals surface area contributed by atoms with Crippen LogP contribution in [0.5, 0.6) is 0 Å². The maximum absolute atomic E-state index is 10.5. The van der Waals surface area contributed by atoms with Crippen molar-refractivity contribution < 1.29 is 9.53 Å². The lowest BCUT2D eigenvalue weighted by Crippen LogP contribution is -2.21. The van der Waals surface area contributed by atoms with Crippen molar-refractivity contribution in [1.29, 1.82) is 0 Å². The van der Waals surface area contributed by atoms with Gasteiger partial charge in [-0.15, -0.1) is 0 Å². The molecule has 2 aromatic heterocycles. The molecule has 0 aliphatic heterocycles. The van der Waals surface area contributed by atoms with Crippen LogP contribution in [-0.4, -0.2) is 21.4 Å². The van der Waals surface area contributed by atoms with E-state index >= 15 is 0 Å². The van der Waals surface area contributed by atoms with Crippen LogP contribution in [0.25, 0.3) is 22.3 Å². The summed E-state index contributed by atoms with van der Waals surface area (Å²) in [7, 11) is 0. The lowest BCUT2D eigenvalue weighted by Gasteiger charge is -2.22. The van der Waals surface area contributed by atoms with Crippen molar-refractivity contribution in [2.45, 2.75) is 19.4 Å². The molecule has 0 saturated carbocycles. The van der Waals surface area contributed by atoms with Crippen molar-refractivity contribution in [3.05, 3.63) is 48.4 Å². The minimum Gasteiger partial charge on any atom is -0.457 e. The molecule has 3 rings (SSSR count). The Labute approximate surface area is 122 Å². The smallest absolute Gasteiger partial charge is 0.293 e. The zero-order valence-electron chi connectivity index (χ0n) is 11.8. The molecule has 0 fully saturated rings. The standard InChI is InChI=1S/C16H15N3O2/c1-16(2,21-10-20)11-7-18-15(19-8-11)13-9-17-14-6-4-3-5-12(13)14/h3-10,17H,1-2H3. The second kappa shape index (κ2) is 5.01. The summed E-state index contributed by atoms with van der Waals surface area (Å²) >= 11 is 0. The van der Waals surface area contributed by atoms with Crippen LogP contribution in [0.15, 0.2) is 42.9 Å². The predicted molar refractivity (Wildman–Crippen MR) is 79.5 cm³/mol. The van der Waals surface area contributed by atoms with Crippen LogP contribution in [0.2, 0.25) is 0 Å². The molecular weight excluding hydrogens is 266 g/mol. The van der Waals surface area contributed by atoms with Crippen molar-refractivity contribution >= 4 is 17.4 Å². The van der Waals surface area contributed by atoms with Gasteiger partial charge in [-0.3, -0.25) is 4.79 Å². The number of hydrogen-bond acceptors (Lipinski definition) is 4. The van der Waals surface area contributed by atoms with Gasteiger partial charge in [0.15, 0.2) is 5.82 Å². The Bertz CT molecular complexity index is 776. The number of carbonyl (C=O) groups is 1. The van der Waals surface area contributed by atoms with E-state index in [2.05, 4.69) is 15.0 Å². The second-order valence-corrected chi connectivity index (χ2v) is 5.27. The number of para-hydroxylation sites is 1. The molecule has 1 aromatic carbocycles. The highest BCUT2D eigenvalue weighted by atomic mass is 16.5. The van der Waals surface area contributed by atoms with Gasteiger partial charge in [0, 0.05) is 40.6 Å². The molecule has 0 spiro atoms. The zero-order chi connectivity index (χ0) is 14.9. The predicted octanol–water partition coefficient (Wildman–Crippen LogP) is 3.03. The van der Waals surface area contributed by atoms with Crippen LogP contribution >= 0.6 is 0 Å². The number of H-pyrrole nitrogens is 1. The molecule has 0 atom stereocenters. The van der Waals surface area contributed by atoms with E-state index in [0.29, 0.717) is 12.3 Å². The molecule has 0 aliphatic carbocycles. The fourth-order valence-electron chi connectivity index (χ4n) is 2.22. The van der Waals surface area contributed by atoms with Gasteiger partial charge in [-0.25, -0.2) is 9.97 Å². The van der Waals surface area contributed by atoms with Gasteiger partial charge in [-0.1, -0.05) is 18.2 Å². The van der Waals surface area contributed by atoms with Crippen molar-refractivity contribution in [2.75, 3.05) is 0 Å². The SMILES string of the molecule is CC(C)(OC=O)c1cnc(-c2c[nH]c3ccccc23)nc1. The van der Waals surface area contributed by atoms with E-state index in [1.54, 1.807) is 26.2 Å². The normalized spacial score (nSPS) is 11.5. The first-order valence-electron chi connectivity index (χ1n) is 6.62. The third kappa shape index (κ3) is 2.38. The van der Waals surface area contributed by atoms with Crippen molar-refractivity contribution in [2.24, 2.45) is 0 Å². The second-order valence-electron chi connectivity index (χ2n) is 5.27. The molecule has 21 heavy (non-hydrogen) atoms. The van der Waals surface area contributed by atoms with E-state index in [0.717, 1.165) is 22.0 Å². The zero-order valence-corrected chi connectivity index (χ0v) is 11.8. The number of benzene rings is 1. The summed E-state index contributed by atoms with van der Waals surface area (Å²) in [5, 5.41) is 1.08. The number of ether oxygens (including phenoxy) is 1. The van der Waals surface area contributed by atoms with Crippen LogP contribution in [0.1, 0.15) is 19.4 Å². The fraction of sp³-hybridized carbons (Fsp3) is 0.188. The van der Waals surface area contributed by atoms with Gasteiger partial charge in [0.05, 0.1) is 0 Å². The Hall–Kier alpha value is -2.69. The Balaban J connectivity index is 1.99. The van der Waals surface area contributed by atoms with E-state index in [1.807, 2.05) is 30.5 Å². The third-order valence-corrected chi connectivity index (χ3v) is 3.52. The van der Waals surface area contributed by atoms with E-state index in [9.17, 15) is 4.79 Å². The number of rotatable bonds is 4. The molecule has 0 radical (unpaired) electrons. The fourth-order valence-corrected chi connectivity index (χ4v) is 2.22. The summed E-state index contributed by atoms with van der Waals surface area (Å²) in [5.41, 5.74) is 2.01. The number of nitrogens with zero attached hydrogens (tertiary/aromatic N) is 2. The Kier molecular flexibility index (Phi) is 3.17. The average Bonchev–Trinajstić information content (AvgIpc) is 2.91. The van der Waals surface area contributed by atoms with E-state index < -0.39 is 5.60 Å². The van der Waals surface area contributed by atoms with Crippen molar-refractivity contribution in [3.63, 3.8) is 0 Å². The Morgan fingerprint density at radius 3 is 2.62 bits per heavy atom. The first-order valence-corrected chi connectivity index (χ1v) is 6.62. The quantitative estimate of drug-likeness (QED) is 0.746. The van der Waals surface area contributed by atoms with Gasteiger partial charge in [-0.2, -0.15) is 0 Å². The highest BCUT2D eigenvalue weighted by Gasteiger charge is 2.23. The minimum absolute atomic E-state index is 0.438. The monoisotopic (exact) mass is 281 g/mol. The molecule has 5 nitrogen and oxygen atoms in total. The van der Waals surface area contributed by atoms with Crippen molar-refractivity contribution in [3.8, 4) is 11.4 Å². The topological polar surface area (TPSA) is 67.9 Å². The van der Waals surface area contributed by atoms with Gasteiger partial charge in [-0.05, 0) is 19.9 Å². The molecule has 0 amide bonds. The van der Waals surface area contributed by atoms with Gasteiger partial charge < -0.3 is 9.72 Å². The maximum atomic E-state index is 10.5. The Morgan fingerprint density at radius 2 is 1.90 bits per heavy atom. The van der Waals surface area contributed by atoms with Gasteiger partial charge >= 0.3 is 0 Å². The average molecular weight is 281 g/mol. The lowest BCUT2D eigenvalue weighted by molar-refractivity contribution is -0.141. The minimum atomic E-state index is -0.736. The van der Waals surface area contributed by atoms with E-state index in [1.165, 1.54) is 0 Å². The summed E-state index contributed by atoms with van der Waals surface area (Å²) in [4.78, 5) is 22.5. The third-order valence-electron chi connectivity index (χ3n) is 3.52. The molecule has 2 heterocycles. The summed E-state index contributed by atoms with van der Waals surface area (Å²) < 4.78 is 5.05. The summed E-state index contributed by atoms with van der Waals surface area (Å²) in [6.07, 6.45) is 5.27. The molecule has 0 unspecified atom stereocenters. The van der Waals surface area contributed by atoms with Crippen LogP contribution in [0.3, 0.4) is 0 Å². The summed E-state index contributed by atoms with van der Waals surface area (Å²) in [6.45, 7) is 4.03. The molecule has 3 aromatic rings. The van der Waals surface area contributed by atoms with Crippen LogP contribution in [0, 0.1) is 0 Å². The van der Waals surface area contributed by atoms with Crippen LogP contribution < -0.4 is 0 Å². The summed E-state index contributed by atoms with van der Waals surface area (Å²) in [6, 6.07) is 7.99. The molecule has 5 heteroatoms. The molecule has 0 saturated heterocycles. The first kappa shape index (κ1) is 13.3. The first-order chi connectivity index (χ1) is 10.1. The van der Waals surface area contributed by atoms with Gasteiger partial charge in [0.1, 0.15) is 5.60 Å². The molecular formula is C16H15N3O2. The largest absolute Gasteiger partial charge is 0.457 e. The highest BCUT2D eigenvalue weighted by Crippen LogP contribution is 2.27. The van der Waals surface area contributed by atoms with Crippen LogP contribution in [-0.2, 0) is 15.1 Å². The van der Waals surface area contributed by atoms with E-state index in [-0.39, 0.29) is 0 Å². The molecule has 106 valence electrons. The van der Waals surface area contributed by atoms with Crippen molar-refractivity contribution in [1.82, 2.24) is 15.0 Å². The maximum Gasteiger partial charge on any atom is 0.293 e. The lowest BCUT2D eigenvalue weighted by atomic mass is 10.0. The number of aromatic nitrogens is 3. The number of hydrogen-bond donors (Lipinski definition) is 1.